The fraction of sp³-hybridized carbons (Fsp3) is 0.333. The van der Waals surface area contributed by atoms with Crippen molar-refractivity contribution in [3.05, 3.63) is 35.0 Å². The molecule has 27 heavy (non-hydrogen) atoms. The zero-order valence-electron chi connectivity index (χ0n) is 14.4. The highest BCUT2D eigenvalue weighted by Crippen LogP contribution is 2.32. The molecule has 0 bridgehead atoms. The maximum atomic E-state index is 14.7. The molecule has 1 aliphatic rings. The minimum absolute atomic E-state index is 0.0600. The highest BCUT2D eigenvalue weighted by atomic mass is 32.1. The number of imidazole rings is 1. The van der Waals surface area contributed by atoms with Gasteiger partial charge in [-0.1, -0.05) is 5.16 Å². The van der Waals surface area contributed by atoms with E-state index in [0.29, 0.717) is 11.6 Å². The van der Waals surface area contributed by atoms with E-state index in [2.05, 4.69) is 30.4 Å². The van der Waals surface area contributed by atoms with Gasteiger partial charge in [0.15, 0.2) is 12.0 Å². The van der Waals surface area contributed by atoms with E-state index in [4.69, 9.17) is 4.52 Å². The third-order valence-electron chi connectivity index (χ3n) is 4.89. The zero-order valence-corrected chi connectivity index (χ0v) is 15.2. The van der Waals surface area contributed by atoms with Crippen LogP contribution in [0.1, 0.15) is 24.9 Å². The Morgan fingerprint density at radius 3 is 2.93 bits per heavy atom. The molecule has 0 amide bonds. The molecule has 1 unspecified atom stereocenters. The number of aromatic amines is 1. The Kier molecular flexibility index (Phi) is 4.17. The zero-order chi connectivity index (χ0) is 18.2. The van der Waals surface area contributed by atoms with Crippen LogP contribution < -0.4 is 5.32 Å². The summed E-state index contributed by atoms with van der Waals surface area (Å²) >= 11 is 1.52. The summed E-state index contributed by atoms with van der Waals surface area (Å²) in [4.78, 5) is 16.4. The van der Waals surface area contributed by atoms with E-state index in [1.54, 1.807) is 5.51 Å². The Bertz CT molecular complexity index is 1050. The highest BCUT2D eigenvalue weighted by molar-refractivity contribution is 7.07. The molecule has 2 N–H and O–H groups in total. The van der Waals surface area contributed by atoms with Crippen molar-refractivity contribution in [3.8, 4) is 22.9 Å². The lowest BCUT2D eigenvalue weighted by molar-refractivity contribution is 0.147. The fourth-order valence-electron chi connectivity index (χ4n) is 3.40. The summed E-state index contributed by atoms with van der Waals surface area (Å²) in [5.74, 6) is 1.08. The summed E-state index contributed by atoms with van der Waals surface area (Å²) in [6.07, 6.45) is 0.331. The number of alkyl halides is 1. The van der Waals surface area contributed by atoms with Crippen LogP contribution in [-0.4, -0.2) is 38.2 Å². The van der Waals surface area contributed by atoms with E-state index < -0.39 is 6.17 Å². The van der Waals surface area contributed by atoms with Crippen molar-refractivity contribution in [2.24, 2.45) is 5.92 Å². The third-order valence-corrected chi connectivity index (χ3v) is 5.48. The molecule has 1 aromatic carbocycles. The maximum absolute atomic E-state index is 14.7. The molecular weight excluding hydrogens is 367 g/mol. The van der Waals surface area contributed by atoms with E-state index in [1.165, 1.54) is 11.3 Å². The lowest BCUT2D eigenvalue weighted by Gasteiger charge is -2.23. The number of halogens is 1. The number of H-pyrrole nitrogens is 1. The fourth-order valence-corrected chi connectivity index (χ4v) is 3.94. The largest absolute Gasteiger partial charge is 0.337 e. The van der Waals surface area contributed by atoms with Crippen molar-refractivity contribution >= 4 is 22.4 Å². The molecule has 0 aliphatic carbocycles. The number of nitrogens with zero attached hydrogens (tertiary/aromatic N) is 4. The van der Waals surface area contributed by atoms with Crippen LogP contribution in [-0.2, 0) is 0 Å². The Hall–Kier alpha value is -2.65. The van der Waals surface area contributed by atoms with Gasteiger partial charge in [0.25, 0.3) is 5.89 Å². The number of piperidine rings is 1. The van der Waals surface area contributed by atoms with E-state index in [1.807, 2.05) is 23.6 Å². The van der Waals surface area contributed by atoms with Gasteiger partial charge < -0.3 is 14.8 Å². The molecule has 1 aliphatic heterocycles. The first-order valence-electron chi connectivity index (χ1n) is 8.85. The Morgan fingerprint density at radius 1 is 1.22 bits per heavy atom. The highest BCUT2D eigenvalue weighted by Gasteiger charge is 2.29. The molecule has 0 saturated carbocycles. The van der Waals surface area contributed by atoms with Gasteiger partial charge in [-0.3, -0.25) is 0 Å². The lowest BCUT2D eigenvalue weighted by Crippen LogP contribution is -2.29. The minimum atomic E-state index is -1.22. The quantitative estimate of drug-likeness (QED) is 0.557. The maximum Gasteiger partial charge on any atom is 0.261 e. The second kappa shape index (κ2) is 6.82. The standard InChI is InChI=1S/C18H17FN6OS/c19-15(10-3-5-20-6-4-10)18-24-16(25-26-18)11-1-2-12-13(7-11)23-17(22-12)14-8-27-9-21-14/h1-2,7-10,15,20H,3-6H2,(H,22,23). The summed E-state index contributed by atoms with van der Waals surface area (Å²) in [7, 11) is 0. The molecular formula is C18H17FN6OS. The number of hydrogen-bond acceptors (Lipinski definition) is 7. The summed E-state index contributed by atoms with van der Waals surface area (Å²) in [5, 5.41) is 9.15. The Morgan fingerprint density at radius 2 is 2.11 bits per heavy atom. The molecule has 1 saturated heterocycles. The number of hydrogen-bond donors (Lipinski definition) is 2. The van der Waals surface area contributed by atoms with Gasteiger partial charge in [0.1, 0.15) is 5.69 Å². The molecule has 0 spiro atoms. The van der Waals surface area contributed by atoms with Crippen molar-refractivity contribution in [1.29, 1.82) is 0 Å². The lowest BCUT2D eigenvalue weighted by atomic mass is 9.93. The SMILES string of the molecule is FC(c1nc(-c2ccc3nc(-c4cscn4)[nH]c3c2)no1)C1CCNCC1. The van der Waals surface area contributed by atoms with E-state index in [9.17, 15) is 4.39 Å². The van der Waals surface area contributed by atoms with E-state index >= 15 is 0 Å². The van der Waals surface area contributed by atoms with Crippen LogP contribution in [0.15, 0.2) is 33.6 Å². The topological polar surface area (TPSA) is 92.5 Å². The molecule has 138 valence electrons. The number of rotatable bonds is 4. The van der Waals surface area contributed by atoms with E-state index in [0.717, 1.165) is 48.2 Å². The van der Waals surface area contributed by atoms with Crippen molar-refractivity contribution in [1.82, 2.24) is 30.4 Å². The Balaban J connectivity index is 1.42. The number of benzene rings is 1. The first-order chi connectivity index (χ1) is 13.3. The average Bonchev–Trinajstić information content (AvgIpc) is 3.47. The molecule has 1 fully saturated rings. The second-order valence-corrected chi connectivity index (χ2v) is 7.36. The van der Waals surface area contributed by atoms with Gasteiger partial charge in [-0.25, -0.2) is 14.4 Å². The molecule has 0 radical (unpaired) electrons. The van der Waals surface area contributed by atoms with Gasteiger partial charge >= 0.3 is 0 Å². The van der Waals surface area contributed by atoms with Crippen LogP contribution in [0.25, 0.3) is 33.9 Å². The molecule has 1 atom stereocenters. The van der Waals surface area contributed by atoms with Crippen LogP contribution in [0, 0.1) is 5.92 Å². The van der Waals surface area contributed by atoms with Gasteiger partial charge in [0, 0.05) is 16.9 Å². The first kappa shape index (κ1) is 16.5. The molecule has 5 rings (SSSR count). The molecule has 3 aromatic heterocycles. The van der Waals surface area contributed by atoms with Gasteiger partial charge in [0.2, 0.25) is 5.82 Å². The van der Waals surface area contributed by atoms with Crippen molar-refractivity contribution in [2.75, 3.05) is 13.1 Å². The first-order valence-corrected chi connectivity index (χ1v) is 9.79. The Labute approximate surface area is 158 Å². The second-order valence-electron chi connectivity index (χ2n) is 6.64. The average molecular weight is 384 g/mol. The molecule has 4 aromatic rings. The van der Waals surface area contributed by atoms with Crippen LogP contribution in [0.4, 0.5) is 4.39 Å². The monoisotopic (exact) mass is 384 g/mol. The van der Waals surface area contributed by atoms with E-state index in [-0.39, 0.29) is 11.8 Å². The van der Waals surface area contributed by atoms with Crippen molar-refractivity contribution < 1.29 is 8.91 Å². The summed E-state index contributed by atoms with van der Waals surface area (Å²) in [5.41, 5.74) is 5.00. The normalized spacial score (nSPS) is 16.8. The van der Waals surface area contributed by atoms with Crippen LogP contribution in [0.2, 0.25) is 0 Å². The van der Waals surface area contributed by atoms with Crippen LogP contribution >= 0.6 is 11.3 Å². The summed E-state index contributed by atoms with van der Waals surface area (Å²) in [6, 6.07) is 5.64. The van der Waals surface area contributed by atoms with Crippen LogP contribution in [0.5, 0.6) is 0 Å². The number of thiazole rings is 1. The van der Waals surface area contributed by atoms with Crippen molar-refractivity contribution in [3.63, 3.8) is 0 Å². The van der Waals surface area contributed by atoms with Gasteiger partial charge in [-0.15, -0.1) is 11.3 Å². The van der Waals surface area contributed by atoms with Gasteiger partial charge in [0.05, 0.1) is 16.5 Å². The number of fused-ring (bicyclic) bond motifs is 1. The predicted molar refractivity (Wildman–Crippen MR) is 99.9 cm³/mol. The van der Waals surface area contributed by atoms with Gasteiger partial charge in [-0.2, -0.15) is 4.98 Å². The van der Waals surface area contributed by atoms with Gasteiger partial charge in [-0.05, 0) is 44.1 Å². The number of nitrogens with one attached hydrogen (secondary N) is 2. The molecule has 7 nitrogen and oxygen atoms in total. The molecule has 9 heteroatoms. The smallest absolute Gasteiger partial charge is 0.261 e. The molecule has 4 heterocycles. The van der Waals surface area contributed by atoms with Crippen LogP contribution in [0.3, 0.4) is 0 Å². The summed E-state index contributed by atoms with van der Waals surface area (Å²) in [6.45, 7) is 1.65. The van der Waals surface area contributed by atoms with Crippen molar-refractivity contribution in [2.45, 2.75) is 19.0 Å². The predicted octanol–water partition coefficient (Wildman–Crippen LogP) is 3.75. The third kappa shape index (κ3) is 3.13. The summed E-state index contributed by atoms with van der Waals surface area (Å²) < 4.78 is 19.9. The number of aromatic nitrogens is 5. The minimum Gasteiger partial charge on any atom is -0.337 e.